The van der Waals surface area contributed by atoms with Crippen molar-refractivity contribution in [1.29, 1.82) is 0 Å². The fourth-order valence-electron chi connectivity index (χ4n) is 2.44. The van der Waals surface area contributed by atoms with Crippen LogP contribution < -0.4 is 0 Å². The van der Waals surface area contributed by atoms with Gasteiger partial charge in [0.25, 0.3) is 0 Å². The molecule has 1 aromatic rings. The molecular formula is C13H15NO2. The van der Waals surface area contributed by atoms with E-state index in [4.69, 9.17) is 9.47 Å². The van der Waals surface area contributed by atoms with Crippen molar-refractivity contribution in [2.24, 2.45) is 4.99 Å². The molecule has 0 saturated heterocycles. The smallest absolute Gasteiger partial charge is 0.384 e. The lowest BCUT2D eigenvalue weighted by Gasteiger charge is -2.25. The Labute approximate surface area is 95.1 Å². The number of aryl methyl sites for hydroxylation is 1. The molecular weight excluding hydrogens is 202 g/mol. The quantitative estimate of drug-likeness (QED) is 0.723. The van der Waals surface area contributed by atoms with Crippen molar-refractivity contribution in [1.82, 2.24) is 0 Å². The first kappa shape index (κ1) is 9.70. The molecule has 0 fully saturated rings. The van der Waals surface area contributed by atoms with Gasteiger partial charge in [0.15, 0.2) is 6.10 Å². The molecule has 2 atom stereocenters. The fourth-order valence-corrected chi connectivity index (χ4v) is 2.44. The number of rotatable bonds is 1. The van der Waals surface area contributed by atoms with Gasteiger partial charge in [0.1, 0.15) is 0 Å². The first-order valence-corrected chi connectivity index (χ1v) is 5.83. The number of hydrogen-bond acceptors (Lipinski definition) is 3. The molecule has 3 heteroatoms. The van der Waals surface area contributed by atoms with Crippen LogP contribution in [0, 0.1) is 0 Å². The van der Waals surface area contributed by atoms with Crippen LogP contribution in [0.4, 0.5) is 0 Å². The number of benzene rings is 1. The molecule has 3 rings (SSSR count). The molecule has 1 heterocycles. The van der Waals surface area contributed by atoms with Crippen LogP contribution in [-0.2, 0) is 15.9 Å². The van der Waals surface area contributed by atoms with Gasteiger partial charge in [-0.05, 0) is 30.9 Å². The molecule has 0 aromatic heterocycles. The summed E-state index contributed by atoms with van der Waals surface area (Å²) in [6.07, 6.45) is 2.68. The highest BCUT2D eigenvalue weighted by Gasteiger charge is 2.37. The molecule has 0 saturated carbocycles. The van der Waals surface area contributed by atoms with Crippen molar-refractivity contribution in [3.8, 4) is 0 Å². The Bertz CT molecular complexity index is 428. The summed E-state index contributed by atoms with van der Waals surface area (Å²) in [6, 6.07) is 8.70. The van der Waals surface area contributed by atoms with Crippen molar-refractivity contribution in [2.75, 3.05) is 6.61 Å². The zero-order chi connectivity index (χ0) is 11.0. The SMILES string of the molecule is CCOC1=N[C@@H]2CCc3ccccc3[C@@H]2O1. The molecule has 1 aliphatic heterocycles. The Balaban J connectivity index is 1.88. The minimum Gasteiger partial charge on any atom is -0.451 e. The summed E-state index contributed by atoms with van der Waals surface area (Å²) in [5, 5.41) is 0. The normalized spacial score (nSPS) is 26.4. The number of hydrogen-bond donors (Lipinski definition) is 0. The summed E-state index contributed by atoms with van der Waals surface area (Å²) >= 11 is 0. The van der Waals surface area contributed by atoms with Gasteiger partial charge in [-0.3, -0.25) is 0 Å². The highest BCUT2D eigenvalue weighted by Crippen LogP contribution is 2.38. The van der Waals surface area contributed by atoms with E-state index < -0.39 is 0 Å². The second-order valence-corrected chi connectivity index (χ2v) is 4.17. The lowest BCUT2D eigenvalue weighted by Crippen LogP contribution is -2.21. The van der Waals surface area contributed by atoms with Crippen molar-refractivity contribution in [3.63, 3.8) is 0 Å². The maximum Gasteiger partial charge on any atom is 0.384 e. The predicted octanol–water partition coefficient (Wildman–Crippen LogP) is 2.47. The molecule has 3 nitrogen and oxygen atoms in total. The predicted molar refractivity (Wildman–Crippen MR) is 61.4 cm³/mol. The summed E-state index contributed by atoms with van der Waals surface area (Å²) in [6.45, 7) is 2.56. The van der Waals surface area contributed by atoms with E-state index in [1.807, 2.05) is 6.92 Å². The van der Waals surface area contributed by atoms with Crippen molar-refractivity contribution >= 4 is 6.08 Å². The second kappa shape index (κ2) is 3.81. The lowest BCUT2D eigenvalue weighted by atomic mass is 9.86. The van der Waals surface area contributed by atoms with E-state index >= 15 is 0 Å². The Kier molecular flexibility index (Phi) is 2.31. The van der Waals surface area contributed by atoms with Gasteiger partial charge in [0.05, 0.1) is 12.6 Å². The number of nitrogens with zero attached hydrogens (tertiary/aromatic N) is 1. The summed E-state index contributed by atoms with van der Waals surface area (Å²) in [7, 11) is 0. The molecule has 0 radical (unpaired) electrons. The van der Waals surface area contributed by atoms with Crippen molar-refractivity contribution < 1.29 is 9.47 Å². The van der Waals surface area contributed by atoms with Gasteiger partial charge < -0.3 is 9.47 Å². The molecule has 0 amide bonds. The van der Waals surface area contributed by atoms with Crippen LogP contribution in [0.25, 0.3) is 0 Å². The van der Waals surface area contributed by atoms with E-state index in [0.717, 1.165) is 12.8 Å². The van der Waals surface area contributed by atoms with Crippen molar-refractivity contribution in [3.05, 3.63) is 35.4 Å². The number of ether oxygens (including phenoxy) is 2. The van der Waals surface area contributed by atoms with E-state index in [2.05, 4.69) is 29.3 Å². The molecule has 2 aliphatic rings. The van der Waals surface area contributed by atoms with Crippen LogP contribution >= 0.6 is 0 Å². The van der Waals surface area contributed by atoms with Crippen LogP contribution in [0.2, 0.25) is 0 Å². The van der Waals surface area contributed by atoms with Gasteiger partial charge in [0, 0.05) is 0 Å². The molecule has 84 valence electrons. The van der Waals surface area contributed by atoms with Gasteiger partial charge in [-0.2, -0.15) is 0 Å². The monoisotopic (exact) mass is 217 g/mol. The summed E-state index contributed by atoms with van der Waals surface area (Å²) in [5.41, 5.74) is 2.66. The van der Waals surface area contributed by atoms with Gasteiger partial charge in [-0.15, -0.1) is 0 Å². The van der Waals surface area contributed by atoms with Crippen LogP contribution in [0.15, 0.2) is 29.3 Å². The standard InChI is InChI=1S/C13H15NO2/c1-2-15-13-14-11-8-7-9-5-3-4-6-10(9)12(11)16-13/h3-6,11-12H,2,7-8H2,1H3/t11-,12+/m1/s1. The molecule has 1 aliphatic carbocycles. The minimum absolute atomic E-state index is 0.0755. The third kappa shape index (κ3) is 1.47. The van der Waals surface area contributed by atoms with Crippen LogP contribution in [0.5, 0.6) is 0 Å². The molecule has 1 aromatic carbocycles. The highest BCUT2D eigenvalue weighted by atomic mass is 16.7. The summed E-state index contributed by atoms with van der Waals surface area (Å²) in [5.74, 6) is 0. The summed E-state index contributed by atoms with van der Waals surface area (Å²) in [4.78, 5) is 4.47. The Morgan fingerprint density at radius 1 is 1.44 bits per heavy atom. The minimum atomic E-state index is 0.0755. The fraction of sp³-hybridized carbons (Fsp3) is 0.462. The largest absolute Gasteiger partial charge is 0.451 e. The third-order valence-electron chi connectivity index (χ3n) is 3.19. The number of aliphatic imine (C=N–C) groups is 1. The average molecular weight is 217 g/mol. The first-order valence-electron chi connectivity index (χ1n) is 5.83. The number of fused-ring (bicyclic) bond motifs is 3. The van der Waals surface area contributed by atoms with Gasteiger partial charge >= 0.3 is 6.08 Å². The van der Waals surface area contributed by atoms with E-state index in [0.29, 0.717) is 12.7 Å². The van der Waals surface area contributed by atoms with Crippen LogP contribution in [-0.4, -0.2) is 18.7 Å². The van der Waals surface area contributed by atoms with E-state index in [9.17, 15) is 0 Å². The second-order valence-electron chi connectivity index (χ2n) is 4.17. The highest BCUT2D eigenvalue weighted by molar-refractivity contribution is 5.70. The maximum absolute atomic E-state index is 5.76. The zero-order valence-electron chi connectivity index (χ0n) is 9.35. The average Bonchev–Trinajstić information content (AvgIpc) is 2.72. The molecule has 0 N–H and O–H groups in total. The van der Waals surface area contributed by atoms with E-state index in [1.54, 1.807) is 0 Å². The molecule has 0 bridgehead atoms. The van der Waals surface area contributed by atoms with Gasteiger partial charge in [0.2, 0.25) is 0 Å². The Hall–Kier alpha value is -1.51. The third-order valence-corrected chi connectivity index (χ3v) is 3.19. The molecule has 0 unspecified atom stereocenters. The van der Waals surface area contributed by atoms with Gasteiger partial charge in [-0.1, -0.05) is 24.3 Å². The van der Waals surface area contributed by atoms with Gasteiger partial charge in [-0.25, -0.2) is 4.99 Å². The van der Waals surface area contributed by atoms with E-state index in [-0.39, 0.29) is 12.1 Å². The Morgan fingerprint density at radius 3 is 3.19 bits per heavy atom. The Morgan fingerprint density at radius 2 is 2.31 bits per heavy atom. The summed E-state index contributed by atoms with van der Waals surface area (Å²) < 4.78 is 11.1. The van der Waals surface area contributed by atoms with Crippen molar-refractivity contribution in [2.45, 2.75) is 31.9 Å². The first-order chi connectivity index (χ1) is 7.88. The van der Waals surface area contributed by atoms with Crippen LogP contribution in [0.3, 0.4) is 0 Å². The topological polar surface area (TPSA) is 30.8 Å². The lowest BCUT2D eigenvalue weighted by molar-refractivity contribution is 0.122. The van der Waals surface area contributed by atoms with Crippen LogP contribution in [0.1, 0.15) is 30.6 Å². The maximum atomic E-state index is 5.76. The van der Waals surface area contributed by atoms with E-state index in [1.165, 1.54) is 11.1 Å². The molecule has 0 spiro atoms. The molecule has 16 heavy (non-hydrogen) atoms. The zero-order valence-corrected chi connectivity index (χ0v) is 9.35.